The summed E-state index contributed by atoms with van der Waals surface area (Å²) in [4.78, 5) is 7.03. The van der Waals surface area contributed by atoms with E-state index in [-0.39, 0.29) is 0 Å². The van der Waals surface area contributed by atoms with E-state index in [0.29, 0.717) is 5.92 Å². The van der Waals surface area contributed by atoms with Gasteiger partial charge in [-0.3, -0.25) is 0 Å². The fourth-order valence-corrected chi connectivity index (χ4v) is 3.02. The molecule has 1 fully saturated rings. The third kappa shape index (κ3) is 4.12. The molecule has 1 heterocycles. The number of pyridine rings is 1. The molecule has 1 N–H and O–H groups in total. The molecule has 0 radical (unpaired) electrons. The van der Waals surface area contributed by atoms with Gasteiger partial charge in [-0.1, -0.05) is 33.6 Å². The number of hydrogen-bond acceptors (Lipinski definition) is 3. The molecule has 1 saturated carbocycles. The average molecular weight is 275 g/mol. The van der Waals surface area contributed by atoms with E-state index in [4.69, 9.17) is 0 Å². The van der Waals surface area contributed by atoms with Crippen LogP contribution in [-0.2, 0) is 0 Å². The summed E-state index contributed by atoms with van der Waals surface area (Å²) in [6, 6.07) is 5.10. The van der Waals surface area contributed by atoms with Gasteiger partial charge in [0.25, 0.3) is 0 Å². The minimum Gasteiger partial charge on any atom is -0.370 e. The van der Waals surface area contributed by atoms with Crippen molar-refractivity contribution in [1.29, 1.82) is 0 Å². The molecule has 1 aromatic heterocycles. The normalized spacial score (nSPS) is 15.8. The summed E-state index contributed by atoms with van der Waals surface area (Å²) in [7, 11) is 0. The monoisotopic (exact) mass is 275 g/mol. The first-order valence-electron chi connectivity index (χ1n) is 8.17. The van der Waals surface area contributed by atoms with E-state index >= 15 is 0 Å². The summed E-state index contributed by atoms with van der Waals surface area (Å²) in [5, 5.41) is 3.40. The van der Waals surface area contributed by atoms with Gasteiger partial charge in [0.1, 0.15) is 5.82 Å². The van der Waals surface area contributed by atoms with Gasteiger partial charge in [-0.15, -0.1) is 0 Å². The summed E-state index contributed by atoms with van der Waals surface area (Å²) < 4.78 is 0. The predicted molar refractivity (Wildman–Crippen MR) is 87.5 cm³/mol. The molecule has 112 valence electrons. The molecule has 3 nitrogen and oxygen atoms in total. The molecule has 20 heavy (non-hydrogen) atoms. The summed E-state index contributed by atoms with van der Waals surface area (Å²) in [5.74, 6) is 1.70. The van der Waals surface area contributed by atoms with Gasteiger partial charge in [0.2, 0.25) is 0 Å². The van der Waals surface area contributed by atoms with Crippen LogP contribution >= 0.6 is 0 Å². The van der Waals surface area contributed by atoms with Crippen molar-refractivity contribution in [3.8, 4) is 0 Å². The largest absolute Gasteiger partial charge is 0.370 e. The van der Waals surface area contributed by atoms with Crippen LogP contribution in [0.2, 0.25) is 0 Å². The van der Waals surface area contributed by atoms with Crippen molar-refractivity contribution >= 4 is 11.5 Å². The lowest BCUT2D eigenvalue weighted by Crippen LogP contribution is -2.36. The second-order valence-corrected chi connectivity index (χ2v) is 6.31. The lowest BCUT2D eigenvalue weighted by molar-refractivity contribution is 0.536. The molecule has 0 aliphatic heterocycles. The number of nitrogens with zero attached hydrogens (tertiary/aromatic N) is 2. The van der Waals surface area contributed by atoms with Crippen LogP contribution in [-0.4, -0.2) is 24.1 Å². The summed E-state index contributed by atoms with van der Waals surface area (Å²) in [6.07, 6.45) is 8.51. The zero-order valence-electron chi connectivity index (χ0n) is 13.2. The molecule has 0 saturated heterocycles. The van der Waals surface area contributed by atoms with Gasteiger partial charge < -0.3 is 10.2 Å². The molecular formula is C17H29N3. The van der Waals surface area contributed by atoms with E-state index in [2.05, 4.69) is 48.1 Å². The van der Waals surface area contributed by atoms with E-state index in [1.54, 1.807) is 0 Å². The Morgan fingerprint density at radius 1 is 1.35 bits per heavy atom. The molecule has 0 unspecified atom stereocenters. The molecule has 0 atom stereocenters. The highest BCUT2D eigenvalue weighted by molar-refractivity contribution is 5.54. The second kappa shape index (κ2) is 7.51. The summed E-state index contributed by atoms with van der Waals surface area (Å²) in [5.41, 5.74) is 1.33. The molecule has 1 aliphatic carbocycles. The van der Waals surface area contributed by atoms with Gasteiger partial charge in [0.05, 0.1) is 0 Å². The van der Waals surface area contributed by atoms with Crippen molar-refractivity contribution in [1.82, 2.24) is 4.98 Å². The van der Waals surface area contributed by atoms with E-state index in [0.717, 1.165) is 31.4 Å². The predicted octanol–water partition coefficient (Wildman–Crippen LogP) is 4.31. The Bertz CT molecular complexity index is 397. The number of hydrogen-bond donors (Lipinski definition) is 1. The zero-order valence-corrected chi connectivity index (χ0v) is 13.2. The first-order valence-corrected chi connectivity index (χ1v) is 8.17. The van der Waals surface area contributed by atoms with Crippen LogP contribution in [0, 0.1) is 5.92 Å². The molecule has 0 bridgehead atoms. The zero-order chi connectivity index (χ0) is 14.4. The van der Waals surface area contributed by atoms with Gasteiger partial charge >= 0.3 is 0 Å². The fourth-order valence-electron chi connectivity index (χ4n) is 3.02. The highest BCUT2D eigenvalue weighted by Gasteiger charge is 2.23. The molecule has 3 heteroatoms. The standard InChI is InChI=1S/C17H29N3/c1-4-10-18-17-12-16(9-11-19-17)20(13-14(2)3)15-7-5-6-8-15/h9,11-12,14-15H,4-8,10,13H2,1-3H3,(H,18,19). The highest BCUT2D eigenvalue weighted by atomic mass is 15.2. The summed E-state index contributed by atoms with van der Waals surface area (Å²) in [6.45, 7) is 8.92. The maximum Gasteiger partial charge on any atom is 0.127 e. The molecule has 2 rings (SSSR count). The van der Waals surface area contributed by atoms with Crippen molar-refractivity contribution in [3.05, 3.63) is 18.3 Å². The Labute approximate surface area is 123 Å². The average Bonchev–Trinajstić information content (AvgIpc) is 2.96. The molecular weight excluding hydrogens is 246 g/mol. The van der Waals surface area contributed by atoms with Gasteiger partial charge in [0, 0.05) is 37.1 Å². The van der Waals surface area contributed by atoms with Crippen LogP contribution in [0.4, 0.5) is 11.5 Å². The highest BCUT2D eigenvalue weighted by Crippen LogP contribution is 2.29. The quantitative estimate of drug-likeness (QED) is 0.803. The van der Waals surface area contributed by atoms with Crippen molar-refractivity contribution in [2.75, 3.05) is 23.3 Å². The van der Waals surface area contributed by atoms with Crippen LogP contribution in [0.25, 0.3) is 0 Å². The molecule has 1 aromatic rings. The van der Waals surface area contributed by atoms with Crippen molar-refractivity contribution in [2.45, 2.75) is 58.9 Å². The van der Waals surface area contributed by atoms with Gasteiger partial charge in [0.15, 0.2) is 0 Å². The Hall–Kier alpha value is -1.25. The maximum atomic E-state index is 4.43. The van der Waals surface area contributed by atoms with Gasteiger partial charge in [-0.25, -0.2) is 4.98 Å². The number of rotatable bonds is 7. The number of nitrogens with one attached hydrogen (secondary N) is 1. The van der Waals surface area contributed by atoms with E-state index in [9.17, 15) is 0 Å². The minimum absolute atomic E-state index is 0.691. The van der Waals surface area contributed by atoms with Crippen LogP contribution in [0.5, 0.6) is 0 Å². The minimum atomic E-state index is 0.691. The Morgan fingerprint density at radius 3 is 2.75 bits per heavy atom. The number of anilines is 2. The van der Waals surface area contributed by atoms with Crippen molar-refractivity contribution < 1.29 is 0 Å². The van der Waals surface area contributed by atoms with Gasteiger partial charge in [-0.2, -0.15) is 0 Å². The first-order chi connectivity index (χ1) is 9.70. The van der Waals surface area contributed by atoms with E-state index < -0.39 is 0 Å². The first kappa shape index (κ1) is 15.1. The van der Waals surface area contributed by atoms with E-state index in [1.165, 1.54) is 31.4 Å². The van der Waals surface area contributed by atoms with Crippen LogP contribution in [0.3, 0.4) is 0 Å². The summed E-state index contributed by atoms with van der Waals surface area (Å²) >= 11 is 0. The molecule has 0 amide bonds. The fraction of sp³-hybridized carbons (Fsp3) is 0.706. The molecule has 0 spiro atoms. The topological polar surface area (TPSA) is 28.2 Å². The van der Waals surface area contributed by atoms with Gasteiger partial charge in [-0.05, 0) is 31.2 Å². The second-order valence-electron chi connectivity index (χ2n) is 6.31. The Kier molecular flexibility index (Phi) is 5.69. The smallest absolute Gasteiger partial charge is 0.127 e. The van der Waals surface area contributed by atoms with E-state index in [1.807, 2.05) is 6.20 Å². The van der Waals surface area contributed by atoms with Crippen LogP contribution in [0.15, 0.2) is 18.3 Å². The number of aromatic nitrogens is 1. The molecule has 1 aliphatic rings. The van der Waals surface area contributed by atoms with Crippen molar-refractivity contribution in [3.63, 3.8) is 0 Å². The Morgan fingerprint density at radius 2 is 2.10 bits per heavy atom. The lowest BCUT2D eigenvalue weighted by Gasteiger charge is -2.33. The van der Waals surface area contributed by atoms with Crippen molar-refractivity contribution in [2.24, 2.45) is 5.92 Å². The van der Waals surface area contributed by atoms with Crippen LogP contribution < -0.4 is 10.2 Å². The van der Waals surface area contributed by atoms with Crippen LogP contribution in [0.1, 0.15) is 52.9 Å². The Balaban J connectivity index is 2.14. The lowest BCUT2D eigenvalue weighted by atomic mass is 10.1. The molecule has 0 aromatic carbocycles. The SMILES string of the molecule is CCCNc1cc(N(CC(C)C)C2CCCC2)ccn1. The maximum absolute atomic E-state index is 4.43. The third-order valence-electron chi connectivity index (χ3n) is 3.96. The third-order valence-corrected chi connectivity index (χ3v) is 3.96.